The zero-order valence-corrected chi connectivity index (χ0v) is 11.4. The average Bonchev–Trinajstić information content (AvgIpc) is 2.41. The van der Waals surface area contributed by atoms with Gasteiger partial charge in [0.25, 0.3) is 5.91 Å². The average molecular weight is 271 g/mol. The Morgan fingerprint density at radius 1 is 1.30 bits per heavy atom. The number of nitrogens with one attached hydrogen (secondary N) is 1. The Kier molecular flexibility index (Phi) is 3.74. The molecule has 20 heavy (non-hydrogen) atoms. The first kappa shape index (κ1) is 13.7. The van der Waals surface area contributed by atoms with Crippen molar-refractivity contribution in [2.45, 2.75) is 0 Å². The zero-order valence-electron chi connectivity index (χ0n) is 11.4. The molecule has 1 aromatic carbocycles. The van der Waals surface area contributed by atoms with Crippen molar-refractivity contribution in [3.63, 3.8) is 0 Å². The monoisotopic (exact) mass is 271 g/mol. The van der Waals surface area contributed by atoms with Gasteiger partial charge in [-0.15, -0.1) is 0 Å². The van der Waals surface area contributed by atoms with Crippen LogP contribution < -0.4 is 21.7 Å². The summed E-state index contributed by atoms with van der Waals surface area (Å²) in [5.74, 6) is -0.0566. The van der Waals surface area contributed by atoms with E-state index in [0.29, 0.717) is 5.82 Å². The van der Waals surface area contributed by atoms with Gasteiger partial charge in [0, 0.05) is 25.5 Å². The highest BCUT2D eigenvalue weighted by Crippen LogP contribution is 2.22. The van der Waals surface area contributed by atoms with E-state index in [-0.39, 0.29) is 11.3 Å². The summed E-state index contributed by atoms with van der Waals surface area (Å²) in [6, 6.07) is 9.36. The molecule has 0 saturated heterocycles. The van der Waals surface area contributed by atoms with Crippen LogP contribution in [0.1, 0.15) is 10.4 Å². The molecule has 0 bridgehead atoms. The van der Waals surface area contributed by atoms with Crippen LogP contribution in [0.25, 0.3) is 0 Å². The SMILES string of the molecule is CN(C)c1cccc(Nc2cc(C(N)=O)c(N)cn2)c1. The molecule has 0 saturated carbocycles. The molecule has 5 N–H and O–H groups in total. The minimum absolute atomic E-state index is 0.256. The van der Waals surface area contributed by atoms with E-state index in [1.807, 2.05) is 43.3 Å². The highest BCUT2D eigenvalue weighted by atomic mass is 16.1. The molecule has 1 aromatic heterocycles. The van der Waals surface area contributed by atoms with Gasteiger partial charge in [0.1, 0.15) is 5.82 Å². The molecule has 1 amide bonds. The van der Waals surface area contributed by atoms with Crippen LogP contribution in [0.3, 0.4) is 0 Å². The Balaban J connectivity index is 2.28. The maximum Gasteiger partial charge on any atom is 0.250 e. The number of aromatic nitrogens is 1. The van der Waals surface area contributed by atoms with Crippen LogP contribution >= 0.6 is 0 Å². The van der Waals surface area contributed by atoms with Gasteiger partial charge in [-0.2, -0.15) is 0 Å². The summed E-state index contributed by atoms with van der Waals surface area (Å²) in [5, 5.41) is 3.12. The smallest absolute Gasteiger partial charge is 0.250 e. The Labute approximate surface area is 117 Å². The number of benzene rings is 1. The molecule has 2 rings (SSSR count). The lowest BCUT2D eigenvalue weighted by molar-refractivity contribution is 0.100. The summed E-state index contributed by atoms with van der Waals surface area (Å²) < 4.78 is 0. The Hall–Kier alpha value is -2.76. The number of rotatable bonds is 4. The van der Waals surface area contributed by atoms with E-state index in [1.54, 1.807) is 6.07 Å². The van der Waals surface area contributed by atoms with E-state index < -0.39 is 5.91 Å². The predicted molar refractivity (Wildman–Crippen MR) is 81.2 cm³/mol. The maximum absolute atomic E-state index is 11.2. The molecule has 0 spiro atoms. The number of nitrogens with two attached hydrogens (primary N) is 2. The second kappa shape index (κ2) is 5.48. The van der Waals surface area contributed by atoms with Crippen molar-refractivity contribution >= 4 is 28.8 Å². The molecule has 0 unspecified atom stereocenters. The number of pyridine rings is 1. The first-order valence-electron chi connectivity index (χ1n) is 6.07. The van der Waals surface area contributed by atoms with Gasteiger partial charge in [-0.25, -0.2) is 4.98 Å². The number of hydrogen-bond acceptors (Lipinski definition) is 5. The second-order valence-corrected chi connectivity index (χ2v) is 4.59. The largest absolute Gasteiger partial charge is 0.397 e. The van der Waals surface area contributed by atoms with Crippen molar-refractivity contribution in [2.75, 3.05) is 30.0 Å². The number of carbonyl (C=O) groups is 1. The fourth-order valence-electron chi connectivity index (χ4n) is 1.76. The normalized spacial score (nSPS) is 10.1. The number of hydrogen-bond donors (Lipinski definition) is 3. The van der Waals surface area contributed by atoms with Gasteiger partial charge in [-0.05, 0) is 24.3 Å². The third kappa shape index (κ3) is 2.97. The number of primary amides is 1. The fraction of sp³-hybridized carbons (Fsp3) is 0.143. The van der Waals surface area contributed by atoms with E-state index >= 15 is 0 Å². The third-order valence-electron chi connectivity index (χ3n) is 2.84. The summed E-state index contributed by atoms with van der Waals surface area (Å²) in [7, 11) is 3.93. The lowest BCUT2D eigenvalue weighted by atomic mass is 10.2. The first-order chi connectivity index (χ1) is 9.47. The zero-order chi connectivity index (χ0) is 14.7. The van der Waals surface area contributed by atoms with Crippen molar-refractivity contribution in [3.05, 3.63) is 42.1 Å². The summed E-state index contributed by atoms with van der Waals surface area (Å²) >= 11 is 0. The fourth-order valence-corrected chi connectivity index (χ4v) is 1.76. The standard InChI is InChI=1S/C14H17N5O/c1-19(2)10-5-3-4-9(6-10)18-13-7-11(14(16)20)12(15)8-17-13/h3-8H,15H2,1-2H3,(H2,16,20)(H,17,18). The summed E-state index contributed by atoms with van der Waals surface area (Å²) in [5.41, 5.74) is 13.4. The molecule has 2 aromatic rings. The van der Waals surface area contributed by atoms with Crippen molar-refractivity contribution in [1.29, 1.82) is 0 Å². The van der Waals surface area contributed by atoms with Gasteiger partial charge in [0.05, 0.1) is 17.4 Å². The maximum atomic E-state index is 11.2. The Bertz CT molecular complexity index is 639. The summed E-state index contributed by atoms with van der Waals surface area (Å²) in [6.07, 6.45) is 1.41. The number of amides is 1. The molecular weight excluding hydrogens is 254 g/mol. The van der Waals surface area contributed by atoms with Gasteiger partial charge in [0.2, 0.25) is 0 Å². The van der Waals surface area contributed by atoms with E-state index in [9.17, 15) is 4.79 Å². The van der Waals surface area contributed by atoms with Gasteiger partial charge in [0.15, 0.2) is 0 Å². The van der Waals surface area contributed by atoms with Crippen LogP contribution in [0.4, 0.5) is 22.9 Å². The third-order valence-corrected chi connectivity index (χ3v) is 2.84. The Morgan fingerprint density at radius 3 is 2.70 bits per heavy atom. The molecule has 0 fully saturated rings. The molecule has 0 aliphatic rings. The molecule has 104 valence electrons. The predicted octanol–water partition coefficient (Wildman–Crippen LogP) is 1.57. The summed E-state index contributed by atoms with van der Waals surface area (Å²) in [4.78, 5) is 17.4. The van der Waals surface area contributed by atoms with Gasteiger partial charge < -0.3 is 21.7 Å². The van der Waals surface area contributed by atoms with E-state index in [2.05, 4.69) is 10.3 Å². The van der Waals surface area contributed by atoms with Crippen molar-refractivity contribution in [2.24, 2.45) is 5.73 Å². The van der Waals surface area contributed by atoms with Crippen LogP contribution in [0, 0.1) is 0 Å². The molecule has 0 atom stereocenters. The van der Waals surface area contributed by atoms with Crippen LogP contribution in [-0.2, 0) is 0 Å². The molecule has 6 heteroatoms. The van der Waals surface area contributed by atoms with Crippen LogP contribution in [-0.4, -0.2) is 25.0 Å². The van der Waals surface area contributed by atoms with Gasteiger partial charge in [-0.3, -0.25) is 4.79 Å². The second-order valence-electron chi connectivity index (χ2n) is 4.59. The molecule has 0 aliphatic heterocycles. The minimum atomic E-state index is -0.574. The number of nitrogens with zero attached hydrogens (tertiary/aromatic N) is 2. The minimum Gasteiger partial charge on any atom is -0.397 e. The van der Waals surface area contributed by atoms with Crippen LogP contribution in [0.15, 0.2) is 36.5 Å². The summed E-state index contributed by atoms with van der Waals surface area (Å²) in [6.45, 7) is 0. The lowest BCUT2D eigenvalue weighted by Crippen LogP contribution is -2.14. The van der Waals surface area contributed by atoms with E-state index in [4.69, 9.17) is 11.5 Å². The molecule has 6 nitrogen and oxygen atoms in total. The molecule has 1 heterocycles. The topological polar surface area (TPSA) is 97.3 Å². The van der Waals surface area contributed by atoms with E-state index in [0.717, 1.165) is 11.4 Å². The highest BCUT2D eigenvalue weighted by Gasteiger charge is 2.08. The van der Waals surface area contributed by atoms with Crippen molar-refractivity contribution in [3.8, 4) is 0 Å². The molecular formula is C14H17N5O. The van der Waals surface area contributed by atoms with Crippen LogP contribution in [0.5, 0.6) is 0 Å². The number of nitrogen functional groups attached to an aromatic ring is 1. The van der Waals surface area contributed by atoms with Crippen LogP contribution in [0.2, 0.25) is 0 Å². The quantitative estimate of drug-likeness (QED) is 0.784. The van der Waals surface area contributed by atoms with E-state index in [1.165, 1.54) is 6.20 Å². The van der Waals surface area contributed by atoms with Crippen molar-refractivity contribution < 1.29 is 4.79 Å². The molecule has 0 aliphatic carbocycles. The number of anilines is 4. The molecule has 0 radical (unpaired) electrons. The lowest BCUT2D eigenvalue weighted by Gasteiger charge is -2.14. The number of carbonyl (C=O) groups excluding carboxylic acids is 1. The van der Waals surface area contributed by atoms with Crippen molar-refractivity contribution in [1.82, 2.24) is 4.98 Å². The Morgan fingerprint density at radius 2 is 2.05 bits per heavy atom. The first-order valence-corrected chi connectivity index (χ1v) is 6.07. The van der Waals surface area contributed by atoms with Gasteiger partial charge in [-0.1, -0.05) is 6.07 Å². The van der Waals surface area contributed by atoms with Gasteiger partial charge >= 0.3 is 0 Å². The highest BCUT2D eigenvalue weighted by molar-refractivity contribution is 5.98.